The summed E-state index contributed by atoms with van der Waals surface area (Å²) in [7, 11) is 0. The van der Waals surface area contributed by atoms with E-state index in [4.69, 9.17) is 16.7 Å². The van der Waals surface area contributed by atoms with Crippen LogP contribution in [0.15, 0.2) is 24.3 Å². The number of aliphatic hydroxyl groups excluding tert-OH is 1. The van der Waals surface area contributed by atoms with Gasteiger partial charge in [-0.2, -0.15) is 0 Å². The van der Waals surface area contributed by atoms with Gasteiger partial charge in [0.05, 0.1) is 0 Å². The predicted molar refractivity (Wildman–Crippen MR) is 71.2 cm³/mol. The smallest absolute Gasteiger partial charge is 0.0431 e. The Hall–Kier alpha value is -0.570. The second-order valence-electron chi connectivity index (χ2n) is 4.75. The monoisotopic (exact) mass is 253 g/mol. The molecule has 0 spiro atoms. The summed E-state index contributed by atoms with van der Waals surface area (Å²) in [6, 6.07) is 8.61. The first kappa shape index (κ1) is 12.9. The van der Waals surface area contributed by atoms with E-state index >= 15 is 0 Å². The summed E-state index contributed by atoms with van der Waals surface area (Å²) < 4.78 is 0. The third kappa shape index (κ3) is 3.98. The van der Waals surface area contributed by atoms with Crippen LogP contribution in [0.5, 0.6) is 0 Å². The van der Waals surface area contributed by atoms with Crippen LogP contribution in [-0.2, 0) is 0 Å². The van der Waals surface area contributed by atoms with Crippen molar-refractivity contribution < 1.29 is 5.11 Å². The van der Waals surface area contributed by atoms with E-state index in [0.29, 0.717) is 6.04 Å². The van der Waals surface area contributed by atoms with Gasteiger partial charge < -0.3 is 10.4 Å². The molecule has 0 amide bonds. The van der Waals surface area contributed by atoms with Gasteiger partial charge in [0.15, 0.2) is 0 Å². The molecule has 3 heteroatoms. The number of unbranched alkanes of at least 4 members (excludes halogenated alkanes) is 1. The second kappa shape index (κ2) is 6.39. The molecule has 1 aromatic rings. The molecule has 1 aliphatic rings. The van der Waals surface area contributed by atoms with Gasteiger partial charge in [0.25, 0.3) is 0 Å². The molecule has 94 valence electrons. The minimum Gasteiger partial charge on any atom is -0.396 e. The number of hydrogen-bond donors (Lipinski definition) is 2. The van der Waals surface area contributed by atoms with Crippen molar-refractivity contribution in [2.75, 3.05) is 13.2 Å². The number of rotatable bonds is 7. The molecule has 0 bridgehead atoms. The lowest BCUT2D eigenvalue weighted by Gasteiger charge is -2.18. The van der Waals surface area contributed by atoms with Crippen LogP contribution in [0.4, 0.5) is 0 Å². The minimum absolute atomic E-state index is 0.288. The zero-order chi connectivity index (χ0) is 12.1. The van der Waals surface area contributed by atoms with Crippen molar-refractivity contribution >= 4 is 11.6 Å². The molecule has 0 aromatic heterocycles. The normalized spacial score (nSPS) is 17.1. The summed E-state index contributed by atoms with van der Waals surface area (Å²) in [4.78, 5) is 0. The molecule has 0 radical (unpaired) electrons. The fourth-order valence-electron chi connectivity index (χ4n) is 2.15. The molecule has 2 nitrogen and oxygen atoms in total. The first-order chi connectivity index (χ1) is 8.31. The molecule has 1 unspecified atom stereocenters. The number of hydrogen-bond acceptors (Lipinski definition) is 2. The van der Waals surface area contributed by atoms with Gasteiger partial charge >= 0.3 is 0 Å². The topological polar surface area (TPSA) is 32.3 Å². The number of halogens is 1. The molecular weight excluding hydrogens is 234 g/mol. The molecule has 1 aliphatic carbocycles. The lowest BCUT2D eigenvalue weighted by atomic mass is 10.0. The Kier molecular flexibility index (Phi) is 4.84. The quantitative estimate of drug-likeness (QED) is 0.732. The van der Waals surface area contributed by atoms with Crippen LogP contribution in [0.3, 0.4) is 0 Å². The van der Waals surface area contributed by atoms with E-state index in [2.05, 4.69) is 17.4 Å². The van der Waals surface area contributed by atoms with Crippen LogP contribution in [0.1, 0.15) is 37.3 Å². The average molecular weight is 254 g/mol. The van der Waals surface area contributed by atoms with E-state index in [1.54, 1.807) is 0 Å². The van der Waals surface area contributed by atoms with Crippen LogP contribution < -0.4 is 5.32 Å². The lowest BCUT2D eigenvalue weighted by Crippen LogP contribution is -2.24. The van der Waals surface area contributed by atoms with Crippen molar-refractivity contribution in [2.24, 2.45) is 5.92 Å². The van der Waals surface area contributed by atoms with E-state index in [9.17, 15) is 0 Å². The van der Waals surface area contributed by atoms with Gasteiger partial charge in [-0.1, -0.05) is 23.7 Å². The summed E-state index contributed by atoms with van der Waals surface area (Å²) in [6.45, 7) is 1.26. The Morgan fingerprint density at radius 3 is 2.53 bits per heavy atom. The van der Waals surface area contributed by atoms with Crippen LogP contribution >= 0.6 is 11.6 Å². The highest BCUT2D eigenvalue weighted by Gasteiger charge is 2.31. The maximum absolute atomic E-state index is 8.76. The molecule has 1 aromatic carbocycles. The van der Waals surface area contributed by atoms with Crippen molar-refractivity contribution in [3.05, 3.63) is 34.9 Å². The van der Waals surface area contributed by atoms with Crippen molar-refractivity contribution in [3.63, 3.8) is 0 Å². The van der Waals surface area contributed by atoms with Gasteiger partial charge in [0.1, 0.15) is 0 Å². The van der Waals surface area contributed by atoms with Gasteiger partial charge in [-0.25, -0.2) is 0 Å². The number of benzene rings is 1. The Balaban J connectivity index is 1.90. The van der Waals surface area contributed by atoms with Crippen molar-refractivity contribution in [1.82, 2.24) is 5.32 Å². The number of nitrogens with one attached hydrogen (secondary N) is 1. The summed E-state index contributed by atoms with van der Waals surface area (Å²) in [5, 5.41) is 13.2. The standard InChI is InChI=1S/C14H20ClNO/c15-13-7-5-12(6-8-13)14(11-3-4-11)16-9-1-2-10-17/h5-8,11,14,16-17H,1-4,9-10H2. The Morgan fingerprint density at radius 2 is 1.94 bits per heavy atom. The SMILES string of the molecule is OCCCCNC(c1ccc(Cl)cc1)C1CC1. The highest BCUT2D eigenvalue weighted by Crippen LogP contribution is 2.41. The van der Waals surface area contributed by atoms with Gasteiger partial charge in [-0.3, -0.25) is 0 Å². The average Bonchev–Trinajstić information content (AvgIpc) is 3.15. The molecule has 0 aliphatic heterocycles. The highest BCUT2D eigenvalue weighted by molar-refractivity contribution is 6.30. The van der Waals surface area contributed by atoms with E-state index < -0.39 is 0 Å². The van der Waals surface area contributed by atoms with Gasteiger partial charge in [0.2, 0.25) is 0 Å². The molecule has 17 heavy (non-hydrogen) atoms. The lowest BCUT2D eigenvalue weighted by molar-refractivity contribution is 0.282. The second-order valence-corrected chi connectivity index (χ2v) is 5.19. The van der Waals surface area contributed by atoms with E-state index in [1.807, 2.05) is 12.1 Å². The Morgan fingerprint density at radius 1 is 1.24 bits per heavy atom. The molecule has 1 fully saturated rings. The zero-order valence-electron chi connectivity index (χ0n) is 10.0. The maximum Gasteiger partial charge on any atom is 0.0431 e. The van der Waals surface area contributed by atoms with E-state index in [-0.39, 0.29) is 6.61 Å². The Labute approximate surface area is 108 Å². The maximum atomic E-state index is 8.76. The third-order valence-corrected chi connectivity index (χ3v) is 3.52. The summed E-state index contributed by atoms with van der Waals surface area (Å²) in [5.41, 5.74) is 1.33. The zero-order valence-corrected chi connectivity index (χ0v) is 10.8. The van der Waals surface area contributed by atoms with Gasteiger partial charge in [-0.05, 0) is 55.8 Å². The van der Waals surface area contributed by atoms with Gasteiger partial charge in [0, 0.05) is 17.7 Å². The predicted octanol–water partition coefficient (Wildman–Crippen LogP) is 3.15. The minimum atomic E-state index is 0.288. The van der Waals surface area contributed by atoms with Crippen molar-refractivity contribution in [1.29, 1.82) is 0 Å². The first-order valence-corrected chi connectivity index (χ1v) is 6.79. The van der Waals surface area contributed by atoms with Crippen LogP contribution in [0.25, 0.3) is 0 Å². The molecule has 1 saturated carbocycles. The molecule has 2 N–H and O–H groups in total. The molecule has 1 atom stereocenters. The van der Waals surface area contributed by atoms with Crippen LogP contribution in [0.2, 0.25) is 5.02 Å². The van der Waals surface area contributed by atoms with Crippen LogP contribution in [0, 0.1) is 5.92 Å². The molecule has 2 rings (SSSR count). The molecule has 0 heterocycles. The molecular formula is C14H20ClNO. The summed E-state index contributed by atoms with van der Waals surface area (Å²) in [5.74, 6) is 0.783. The van der Waals surface area contributed by atoms with Crippen LogP contribution in [-0.4, -0.2) is 18.3 Å². The Bertz CT molecular complexity index is 335. The fourth-order valence-corrected chi connectivity index (χ4v) is 2.28. The summed E-state index contributed by atoms with van der Waals surface area (Å²) in [6.07, 6.45) is 4.55. The van der Waals surface area contributed by atoms with E-state index in [0.717, 1.165) is 30.3 Å². The molecule has 0 saturated heterocycles. The van der Waals surface area contributed by atoms with E-state index in [1.165, 1.54) is 18.4 Å². The largest absolute Gasteiger partial charge is 0.396 e. The first-order valence-electron chi connectivity index (χ1n) is 6.41. The van der Waals surface area contributed by atoms with Crippen molar-refractivity contribution in [3.8, 4) is 0 Å². The van der Waals surface area contributed by atoms with Gasteiger partial charge in [-0.15, -0.1) is 0 Å². The highest BCUT2D eigenvalue weighted by atomic mass is 35.5. The third-order valence-electron chi connectivity index (χ3n) is 3.27. The van der Waals surface area contributed by atoms with Crippen molar-refractivity contribution in [2.45, 2.75) is 31.7 Å². The fraction of sp³-hybridized carbons (Fsp3) is 0.571. The number of aliphatic hydroxyl groups is 1. The summed E-state index contributed by atoms with van der Waals surface area (Å²) >= 11 is 5.91.